The molecule has 0 aliphatic carbocycles. The minimum atomic E-state index is -0.284. The zero-order valence-electron chi connectivity index (χ0n) is 13.7. The summed E-state index contributed by atoms with van der Waals surface area (Å²) < 4.78 is 11.1. The molecule has 1 saturated heterocycles. The van der Waals surface area contributed by atoms with E-state index >= 15 is 0 Å². The Morgan fingerprint density at radius 3 is 3.00 bits per heavy atom. The predicted octanol–water partition coefficient (Wildman–Crippen LogP) is 3.61. The molecule has 2 N–H and O–H groups in total. The molecule has 1 aliphatic rings. The molecule has 0 bridgehead atoms. The van der Waals surface area contributed by atoms with Crippen molar-refractivity contribution >= 4 is 23.3 Å². The summed E-state index contributed by atoms with van der Waals surface area (Å²) in [5, 5.41) is 5.97. The third kappa shape index (κ3) is 5.34. The van der Waals surface area contributed by atoms with Gasteiger partial charge in [-0.3, -0.25) is 4.98 Å². The molecule has 6 nitrogen and oxygen atoms in total. The largest absolute Gasteiger partial charge is 0.486 e. The van der Waals surface area contributed by atoms with Gasteiger partial charge in [0.15, 0.2) is 0 Å². The monoisotopic (exact) mass is 361 g/mol. The molecule has 2 aromatic rings. The van der Waals surface area contributed by atoms with Gasteiger partial charge in [-0.2, -0.15) is 0 Å². The Kier molecular flexibility index (Phi) is 6.09. The number of ether oxygens (including phenoxy) is 2. The molecule has 0 radical (unpaired) electrons. The van der Waals surface area contributed by atoms with E-state index in [1.54, 1.807) is 24.4 Å². The van der Waals surface area contributed by atoms with Crippen LogP contribution in [0.15, 0.2) is 42.6 Å². The van der Waals surface area contributed by atoms with Crippen LogP contribution >= 0.6 is 11.6 Å². The van der Waals surface area contributed by atoms with E-state index in [1.165, 1.54) is 0 Å². The van der Waals surface area contributed by atoms with Crippen LogP contribution in [0.1, 0.15) is 18.5 Å². The lowest BCUT2D eigenvalue weighted by Gasteiger charge is -2.13. The zero-order valence-corrected chi connectivity index (χ0v) is 14.5. The first-order valence-corrected chi connectivity index (χ1v) is 8.57. The predicted molar refractivity (Wildman–Crippen MR) is 96.0 cm³/mol. The zero-order chi connectivity index (χ0) is 17.5. The van der Waals surface area contributed by atoms with Gasteiger partial charge < -0.3 is 20.1 Å². The quantitative estimate of drug-likeness (QED) is 0.824. The van der Waals surface area contributed by atoms with Gasteiger partial charge >= 0.3 is 6.03 Å². The van der Waals surface area contributed by atoms with E-state index in [-0.39, 0.29) is 12.1 Å². The molecular weight excluding hydrogens is 342 g/mol. The molecule has 1 aliphatic heterocycles. The van der Waals surface area contributed by atoms with Gasteiger partial charge in [0.2, 0.25) is 0 Å². The minimum Gasteiger partial charge on any atom is -0.486 e. The van der Waals surface area contributed by atoms with Gasteiger partial charge in [0, 0.05) is 25.0 Å². The fourth-order valence-electron chi connectivity index (χ4n) is 2.52. The second kappa shape index (κ2) is 8.69. The number of rotatable bonds is 6. The van der Waals surface area contributed by atoms with Crippen LogP contribution in [0.5, 0.6) is 5.75 Å². The SMILES string of the molecule is O=C(NCC1CCCO1)Nc1ccc(OCc2ccccn2)c(Cl)c1. The maximum absolute atomic E-state index is 11.9. The number of hydrogen-bond donors (Lipinski definition) is 2. The summed E-state index contributed by atoms with van der Waals surface area (Å²) in [6.45, 7) is 1.60. The van der Waals surface area contributed by atoms with E-state index in [0.717, 1.165) is 25.1 Å². The van der Waals surface area contributed by atoms with Gasteiger partial charge in [-0.15, -0.1) is 0 Å². The van der Waals surface area contributed by atoms with Crippen LogP contribution in [0, 0.1) is 0 Å². The fraction of sp³-hybridized carbons (Fsp3) is 0.333. The van der Waals surface area contributed by atoms with E-state index < -0.39 is 0 Å². The number of urea groups is 1. The van der Waals surface area contributed by atoms with Crippen LogP contribution in [-0.2, 0) is 11.3 Å². The standard InChI is InChI=1S/C18H20ClN3O3/c19-16-10-13(22-18(23)21-11-15-5-3-9-24-15)6-7-17(16)25-12-14-4-1-2-8-20-14/h1-2,4,6-8,10,15H,3,5,9,11-12H2,(H2,21,22,23). The molecule has 1 unspecified atom stereocenters. The molecule has 25 heavy (non-hydrogen) atoms. The van der Waals surface area contributed by atoms with Gasteiger partial charge in [0.25, 0.3) is 0 Å². The van der Waals surface area contributed by atoms with E-state index in [2.05, 4.69) is 15.6 Å². The van der Waals surface area contributed by atoms with Gasteiger partial charge in [0.05, 0.1) is 16.8 Å². The molecule has 7 heteroatoms. The maximum Gasteiger partial charge on any atom is 0.319 e. The number of carbonyl (C=O) groups is 1. The fourth-order valence-corrected chi connectivity index (χ4v) is 2.75. The van der Waals surface area contributed by atoms with Crippen LogP contribution in [-0.4, -0.2) is 30.3 Å². The Labute approximate surface area is 151 Å². The number of carbonyl (C=O) groups excluding carboxylic acids is 1. The van der Waals surface area contributed by atoms with Gasteiger partial charge in [-0.25, -0.2) is 4.79 Å². The second-order valence-electron chi connectivity index (χ2n) is 5.73. The number of hydrogen-bond acceptors (Lipinski definition) is 4. The molecule has 2 heterocycles. The Balaban J connectivity index is 1.49. The van der Waals surface area contributed by atoms with Crippen LogP contribution in [0.3, 0.4) is 0 Å². The summed E-state index contributed by atoms with van der Waals surface area (Å²) in [6, 6.07) is 10.5. The van der Waals surface area contributed by atoms with Crippen LogP contribution in [0.25, 0.3) is 0 Å². The Morgan fingerprint density at radius 2 is 2.28 bits per heavy atom. The number of benzene rings is 1. The normalized spacial score (nSPS) is 16.4. The maximum atomic E-state index is 11.9. The first-order valence-electron chi connectivity index (χ1n) is 8.19. The first-order chi connectivity index (χ1) is 12.2. The van der Waals surface area contributed by atoms with Crippen molar-refractivity contribution in [1.82, 2.24) is 10.3 Å². The summed E-state index contributed by atoms with van der Waals surface area (Å²) in [4.78, 5) is 16.1. The molecule has 1 aromatic heterocycles. The number of nitrogens with one attached hydrogen (secondary N) is 2. The molecule has 0 spiro atoms. The molecule has 0 saturated carbocycles. The number of halogens is 1. The molecule has 1 atom stereocenters. The average molecular weight is 362 g/mol. The number of amides is 2. The van der Waals surface area contributed by atoms with E-state index in [1.807, 2.05) is 18.2 Å². The molecule has 2 amide bonds. The number of nitrogens with zero attached hydrogens (tertiary/aromatic N) is 1. The smallest absolute Gasteiger partial charge is 0.319 e. The summed E-state index contributed by atoms with van der Waals surface area (Å²) in [5.41, 5.74) is 1.41. The summed E-state index contributed by atoms with van der Waals surface area (Å²) in [7, 11) is 0. The Hall–Kier alpha value is -2.31. The first kappa shape index (κ1) is 17.5. The topological polar surface area (TPSA) is 72.5 Å². The Bertz CT molecular complexity index is 706. The highest BCUT2D eigenvalue weighted by Gasteiger charge is 2.16. The molecule has 1 aromatic carbocycles. The van der Waals surface area contributed by atoms with Crippen LogP contribution in [0.4, 0.5) is 10.5 Å². The number of anilines is 1. The lowest BCUT2D eigenvalue weighted by atomic mass is 10.2. The molecule has 132 valence electrons. The summed E-state index contributed by atoms with van der Waals surface area (Å²) in [6.07, 6.45) is 3.84. The summed E-state index contributed by atoms with van der Waals surface area (Å²) in [5.74, 6) is 0.539. The van der Waals surface area contributed by atoms with Gasteiger partial charge in [-0.05, 0) is 43.2 Å². The lowest BCUT2D eigenvalue weighted by Crippen LogP contribution is -2.35. The highest BCUT2D eigenvalue weighted by atomic mass is 35.5. The third-order valence-electron chi connectivity index (χ3n) is 3.81. The van der Waals surface area contributed by atoms with Crippen molar-refractivity contribution in [2.75, 3.05) is 18.5 Å². The molecule has 3 rings (SSSR count). The van der Waals surface area contributed by atoms with Crippen LogP contribution < -0.4 is 15.4 Å². The number of aromatic nitrogens is 1. The van der Waals surface area contributed by atoms with Crippen molar-refractivity contribution < 1.29 is 14.3 Å². The lowest BCUT2D eigenvalue weighted by molar-refractivity contribution is 0.112. The van der Waals surface area contributed by atoms with Crippen LogP contribution in [0.2, 0.25) is 5.02 Å². The van der Waals surface area contributed by atoms with E-state index in [9.17, 15) is 4.79 Å². The second-order valence-corrected chi connectivity index (χ2v) is 6.13. The van der Waals surface area contributed by atoms with Crippen molar-refractivity contribution in [3.63, 3.8) is 0 Å². The van der Waals surface area contributed by atoms with Crippen molar-refractivity contribution in [2.24, 2.45) is 0 Å². The van der Waals surface area contributed by atoms with E-state index in [4.69, 9.17) is 21.1 Å². The third-order valence-corrected chi connectivity index (χ3v) is 4.10. The molecule has 1 fully saturated rings. The summed E-state index contributed by atoms with van der Waals surface area (Å²) >= 11 is 6.22. The van der Waals surface area contributed by atoms with Gasteiger partial charge in [-0.1, -0.05) is 17.7 Å². The Morgan fingerprint density at radius 1 is 1.36 bits per heavy atom. The van der Waals surface area contributed by atoms with Crippen molar-refractivity contribution in [3.8, 4) is 5.75 Å². The van der Waals surface area contributed by atoms with Crippen molar-refractivity contribution in [1.29, 1.82) is 0 Å². The number of pyridine rings is 1. The molecular formula is C18H20ClN3O3. The van der Waals surface area contributed by atoms with E-state index in [0.29, 0.717) is 29.6 Å². The highest BCUT2D eigenvalue weighted by molar-refractivity contribution is 6.32. The highest BCUT2D eigenvalue weighted by Crippen LogP contribution is 2.28. The minimum absolute atomic E-state index is 0.108. The van der Waals surface area contributed by atoms with Gasteiger partial charge in [0.1, 0.15) is 12.4 Å². The average Bonchev–Trinajstić information content (AvgIpc) is 3.14. The van der Waals surface area contributed by atoms with Crippen molar-refractivity contribution in [3.05, 3.63) is 53.3 Å². The van der Waals surface area contributed by atoms with Crippen molar-refractivity contribution in [2.45, 2.75) is 25.6 Å².